The van der Waals surface area contributed by atoms with Crippen LogP contribution in [0, 0.1) is 0 Å². The van der Waals surface area contributed by atoms with Gasteiger partial charge in [0.15, 0.2) is 0 Å². The zero-order valence-corrected chi connectivity index (χ0v) is 9.61. The monoisotopic (exact) mass is 216 g/mol. The third kappa shape index (κ3) is 9.21. The number of rotatable bonds is 8. The quantitative estimate of drug-likeness (QED) is 0.237. The van der Waals surface area contributed by atoms with E-state index in [1.54, 1.807) is 0 Å². The van der Waals surface area contributed by atoms with Gasteiger partial charge < -0.3 is 15.3 Å². The highest BCUT2D eigenvalue weighted by atomic mass is 16.4. The molecular weight excluding hydrogens is 194 g/mol. The van der Waals surface area contributed by atoms with E-state index in [2.05, 4.69) is 24.4 Å². The highest BCUT2D eigenvalue weighted by molar-refractivity contribution is 6.30. The summed E-state index contributed by atoms with van der Waals surface area (Å²) in [5, 5.41) is 22.6. The molecule has 0 fully saturated rings. The first-order valence-corrected chi connectivity index (χ1v) is 5.38. The lowest BCUT2D eigenvalue weighted by Crippen LogP contribution is -3.05. The maximum atomic E-state index is 8.51. The standard InChI is InChI=1S/C10H21N3O2/c1-13(2)8-6-4-3-5-7-10(12-15)9-11-14/h9,14-15H,3-8H2,1-2H3/p+1/b11-9+,12-10-. The number of oxime groups is 2. The van der Waals surface area contributed by atoms with Crippen LogP contribution in [0.25, 0.3) is 0 Å². The van der Waals surface area contributed by atoms with Crippen molar-refractivity contribution in [1.29, 1.82) is 0 Å². The average Bonchev–Trinajstić information content (AvgIpc) is 2.21. The zero-order chi connectivity index (χ0) is 11.5. The van der Waals surface area contributed by atoms with Crippen LogP contribution in [0.15, 0.2) is 10.3 Å². The Labute approximate surface area is 91.1 Å². The highest BCUT2D eigenvalue weighted by Gasteiger charge is 1.98. The molecule has 0 atom stereocenters. The van der Waals surface area contributed by atoms with Crippen LogP contribution in [0.4, 0.5) is 0 Å². The summed E-state index contributed by atoms with van der Waals surface area (Å²) in [7, 11) is 4.29. The lowest BCUT2D eigenvalue weighted by atomic mass is 10.1. The molecule has 0 rings (SSSR count). The van der Waals surface area contributed by atoms with E-state index in [1.807, 2.05) is 0 Å². The van der Waals surface area contributed by atoms with Crippen molar-refractivity contribution >= 4 is 11.9 Å². The van der Waals surface area contributed by atoms with Crippen LogP contribution in [-0.2, 0) is 0 Å². The van der Waals surface area contributed by atoms with Crippen LogP contribution in [0.3, 0.4) is 0 Å². The molecule has 88 valence electrons. The summed E-state index contributed by atoms with van der Waals surface area (Å²) in [6.07, 6.45) is 6.33. The second-order valence-corrected chi connectivity index (χ2v) is 3.96. The van der Waals surface area contributed by atoms with E-state index >= 15 is 0 Å². The van der Waals surface area contributed by atoms with Crippen molar-refractivity contribution in [1.82, 2.24) is 0 Å². The van der Waals surface area contributed by atoms with Gasteiger partial charge in [0, 0.05) is 0 Å². The number of hydrogen-bond donors (Lipinski definition) is 3. The summed E-state index contributed by atoms with van der Waals surface area (Å²) in [4.78, 5) is 1.47. The average molecular weight is 216 g/mol. The number of quaternary nitrogens is 1. The molecule has 0 unspecified atom stereocenters. The molecule has 0 aliphatic carbocycles. The molecule has 0 aromatic rings. The molecule has 0 heterocycles. The maximum Gasteiger partial charge on any atom is 0.101 e. The fraction of sp³-hybridized carbons (Fsp3) is 0.800. The minimum Gasteiger partial charge on any atom is -0.411 e. The molecule has 0 bridgehead atoms. The summed E-state index contributed by atoms with van der Waals surface area (Å²) in [6.45, 7) is 1.19. The smallest absolute Gasteiger partial charge is 0.101 e. The summed E-state index contributed by atoms with van der Waals surface area (Å²) < 4.78 is 0. The van der Waals surface area contributed by atoms with Gasteiger partial charge in [-0.3, -0.25) is 0 Å². The molecule has 0 saturated heterocycles. The van der Waals surface area contributed by atoms with Crippen molar-refractivity contribution in [2.24, 2.45) is 10.3 Å². The molecule has 0 spiro atoms. The van der Waals surface area contributed by atoms with Gasteiger partial charge in [0.05, 0.1) is 26.9 Å². The number of nitrogens with one attached hydrogen (secondary N) is 1. The van der Waals surface area contributed by atoms with E-state index < -0.39 is 0 Å². The van der Waals surface area contributed by atoms with Gasteiger partial charge in [0.2, 0.25) is 0 Å². The lowest BCUT2D eigenvalue weighted by molar-refractivity contribution is -0.858. The molecule has 5 nitrogen and oxygen atoms in total. The Bertz CT molecular complexity index is 203. The Morgan fingerprint density at radius 1 is 1.13 bits per heavy atom. The van der Waals surface area contributed by atoms with Gasteiger partial charge in [0.1, 0.15) is 5.71 Å². The Morgan fingerprint density at radius 3 is 2.33 bits per heavy atom. The predicted molar refractivity (Wildman–Crippen MR) is 60.3 cm³/mol. The van der Waals surface area contributed by atoms with E-state index in [0.29, 0.717) is 12.1 Å². The first-order valence-electron chi connectivity index (χ1n) is 5.38. The third-order valence-corrected chi connectivity index (χ3v) is 2.19. The van der Waals surface area contributed by atoms with Crippen molar-refractivity contribution in [3.63, 3.8) is 0 Å². The van der Waals surface area contributed by atoms with Crippen LogP contribution in [-0.4, -0.2) is 43.0 Å². The van der Waals surface area contributed by atoms with E-state index in [9.17, 15) is 0 Å². The second-order valence-electron chi connectivity index (χ2n) is 3.96. The molecule has 5 heteroatoms. The zero-order valence-electron chi connectivity index (χ0n) is 9.61. The van der Waals surface area contributed by atoms with Crippen LogP contribution >= 0.6 is 0 Å². The van der Waals surface area contributed by atoms with Crippen LogP contribution in [0.2, 0.25) is 0 Å². The molecule has 0 aliphatic rings. The molecule has 0 amide bonds. The summed E-state index contributed by atoms with van der Waals surface area (Å²) in [5.74, 6) is 0. The fourth-order valence-electron chi connectivity index (χ4n) is 1.35. The van der Waals surface area contributed by atoms with E-state index in [1.165, 1.54) is 30.5 Å². The summed E-state index contributed by atoms with van der Waals surface area (Å²) in [6, 6.07) is 0. The first kappa shape index (κ1) is 13.9. The third-order valence-electron chi connectivity index (χ3n) is 2.19. The van der Waals surface area contributed by atoms with Crippen molar-refractivity contribution in [2.75, 3.05) is 20.6 Å². The highest BCUT2D eigenvalue weighted by Crippen LogP contribution is 2.02. The Balaban J connectivity index is 3.37. The fourth-order valence-corrected chi connectivity index (χ4v) is 1.35. The topological polar surface area (TPSA) is 69.6 Å². The minimum atomic E-state index is 0.427. The van der Waals surface area contributed by atoms with Gasteiger partial charge in [-0.2, -0.15) is 0 Å². The van der Waals surface area contributed by atoms with Crippen molar-refractivity contribution < 1.29 is 15.3 Å². The normalized spacial score (nSPS) is 12.9. The van der Waals surface area contributed by atoms with E-state index in [4.69, 9.17) is 10.4 Å². The van der Waals surface area contributed by atoms with Gasteiger partial charge in [-0.05, 0) is 25.7 Å². The molecular formula is C10H22N3O2+. The van der Waals surface area contributed by atoms with Gasteiger partial charge in [-0.1, -0.05) is 16.7 Å². The van der Waals surface area contributed by atoms with Gasteiger partial charge in [0.25, 0.3) is 0 Å². The number of hydrogen-bond acceptors (Lipinski definition) is 4. The molecule has 0 saturated carbocycles. The molecule has 3 N–H and O–H groups in total. The Kier molecular flexibility index (Phi) is 8.76. The molecule has 15 heavy (non-hydrogen) atoms. The largest absolute Gasteiger partial charge is 0.411 e. The van der Waals surface area contributed by atoms with Crippen LogP contribution in [0.5, 0.6) is 0 Å². The predicted octanol–water partition coefficient (Wildman–Crippen LogP) is 0.372. The molecule has 0 radical (unpaired) electrons. The van der Waals surface area contributed by atoms with Crippen LogP contribution < -0.4 is 4.90 Å². The second kappa shape index (κ2) is 9.45. The van der Waals surface area contributed by atoms with Gasteiger partial charge >= 0.3 is 0 Å². The molecule has 0 aromatic carbocycles. The van der Waals surface area contributed by atoms with Crippen molar-refractivity contribution in [3.8, 4) is 0 Å². The van der Waals surface area contributed by atoms with Crippen molar-refractivity contribution in [2.45, 2.75) is 32.1 Å². The maximum absolute atomic E-state index is 8.51. The molecule has 0 aliphatic heterocycles. The Hall–Kier alpha value is -1.10. The van der Waals surface area contributed by atoms with Gasteiger partial charge in [-0.15, -0.1) is 0 Å². The Morgan fingerprint density at radius 2 is 1.80 bits per heavy atom. The van der Waals surface area contributed by atoms with Crippen LogP contribution in [0.1, 0.15) is 32.1 Å². The van der Waals surface area contributed by atoms with E-state index in [0.717, 1.165) is 12.8 Å². The SMILES string of the molecule is C[NH+](C)CCCCCCC(/C=N/O)=N/O. The number of unbranched alkanes of at least 4 members (excludes halogenated alkanes) is 3. The minimum absolute atomic E-state index is 0.427. The van der Waals surface area contributed by atoms with Gasteiger partial charge in [-0.25, -0.2) is 0 Å². The lowest BCUT2D eigenvalue weighted by Gasteiger charge is -2.06. The summed E-state index contributed by atoms with van der Waals surface area (Å²) >= 11 is 0. The summed E-state index contributed by atoms with van der Waals surface area (Å²) in [5.41, 5.74) is 0.427. The van der Waals surface area contributed by atoms with Crippen molar-refractivity contribution in [3.05, 3.63) is 0 Å². The van der Waals surface area contributed by atoms with E-state index in [-0.39, 0.29) is 0 Å². The number of nitrogens with zero attached hydrogens (tertiary/aromatic N) is 2. The first-order chi connectivity index (χ1) is 7.20. The molecule has 0 aromatic heterocycles.